The molecule has 1 aliphatic heterocycles. The van der Waals surface area contributed by atoms with Crippen LogP contribution in [-0.2, 0) is 25.5 Å². The van der Waals surface area contributed by atoms with Crippen LogP contribution in [0, 0.1) is 0 Å². The number of hydrogen-bond donors (Lipinski definition) is 0. The van der Waals surface area contributed by atoms with Crippen molar-refractivity contribution < 1.29 is 23.8 Å². The molecule has 0 radical (unpaired) electrons. The summed E-state index contributed by atoms with van der Waals surface area (Å²) in [6.07, 6.45) is 1.17. The first-order valence-corrected chi connectivity index (χ1v) is 7.65. The molecule has 0 aromatic heterocycles. The van der Waals surface area contributed by atoms with E-state index in [4.69, 9.17) is 14.2 Å². The summed E-state index contributed by atoms with van der Waals surface area (Å²) >= 11 is 0. The predicted molar refractivity (Wildman–Crippen MR) is 84.7 cm³/mol. The lowest BCUT2D eigenvalue weighted by atomic mass is 9.98. The molecule has 0 fully saturated rings. The van der Waals surface area contributed by atoms with Crippen molar-refractivity contribution in [3.8, 4) is 5.75 Å². The number of rotatable bonds is 8. The highest BCUT2D eigenvalue weighted by atomic mass is 16.6. The molecule has 23 heavy (non-hydrogen) atoms. The number of carbonyl (C=O) groups is 2. The number of esters is 2. The standard InChI is InChI=1S/C17H21NO5/c1-4-22-15(19)17(16(20)23-5-2)14(18-17)11-8-12-6-9-13(21-3)10-7-12/h6-7,9-10H,4-5,8,11H2,1-3H3. The number of aryl methyl sites for hydroxylation is 1. The summed E-state index contributed by atoms with van der Waals surface area (Å²) in [5.74, 6) is -0.517. The molecule has 0 bridgehead atoms. The molecule has 0 amide bonds. The minimum Gasteiger partial charge on any atom is -0.497 e. The quantitative estimate of drug-likeness (QED) is 0.541. The summed E-state index contributed by atoms with van der Waals surface area (Å²) in [6.45, 7) is 3.77. The molecule has 0 atom stereocenters. The van der Waals surface area contributed by atoms with Crippen molar-refractivity contribution in [3.63, 3.8) is 0 Å². The van der Waals surface area contributed by atoms with Gasteiger partial charge in [0.2, 0.25) is 0 Å². The number of aliphatic imine (C=N–C) groups is 1. The van der Waals surface area contributed by atoms with Gasteiger partial charge in [-0.25, -0.2) is 9.59 Å². The third-order valence-electron chi connectivity index (χ3n) is 3.62. The maximum atomic E-state index is 12.1. The third-order valence-corrected chi connectivity index (χ3v) is 3.62. The number of ether oxygens (including phenoxy) is 3. The van der Waals surface area contributed by atoms with Crippen molar-refractivity contribution in [3.05, 3.63) is 29.8 Å². The molecule has 6 heteroatoms. The van der Waals surface area contributed by atoms with Crippen LogP contribution in [-0.4, -0.2) is 43.5 Å². The number of methoxy groups -OCH3 is 1. The Morgan fingerprint density at radius 3 is 2.04 bits per heavy atom. The highest BCUT2D eigenvalue weighted by molar-refractivity contribution is 6.36. The van der Waals surface area contributed by atoms with Gasteiger partial charge in [0, 0.05) is 0 Å². The van der Waals surface area contributed by atoms with E-state index in [-0.39, 0.29) is 13.2 Å². The average molecular weight is 319 g/mol. The second kappa shape index (κ2) is 7.26. The zero-order chi connectivity index (χ0) is 16.9. The topological polar surface area (TPSA) is 74.2 Å². The largest absolute Gasteiger partial charge is 0.497 e. The van der Waals surface area contributed by atoms with Crippen LogP contribution >= 0.6 is 0 Å². The first-order valence-electron chi connectivity index (χ1n) is 7.65. The van der Waals surface area contributed by atoms with E-state index >= 15 is 0 Å². The van der Waals surface area contributed by atoms with E-state index in [1.54, 1.807) is 21.0 Å². The zero-order valence-electron chi connectivity index (χ0n) is 13.6. The van der Waals surface area contributed by atoms with Gasteiger partial charge in [0.1, 0.15) is 5.75 Å². The lowest BCUT2D eigenvalue weighted by Gasteiger charge is -2.12. The maximum absolute atomic E-state index is 12.1. The summed E-state index contributed by atoms with van der Waals surface area (Å²) < 4.78 is 15.1. The van der Waals surface area contributed by atoms with E-state index in [1.807, 2.05) is 24.3 Å². The maximum Gasteiger partial charge on any atom is 0.351 e. The lowest BCUT2D eigenvalue weighted by molar-refractivity contribution is -0.157. The Hall–Kier alpha value is -2.37. The van der Waals surface area contributed by atoms with Crippen LogP contribution in [0.15, 0.2) is 29.3 Å². The van der Waals surface area contributed by atoms with Gasteiger partial charge in [0.05, 0.1) is 26.0 Å². The van der Waals surface area contributed by atoms with Crippen LogP contribution in [0.4, 0.5) is 0 Å². The van der Waals surface area contributed by atoms with Gasteiger partial charge < -0.3 is 14.2 Å². The molecule has 0 spiro atoms. The number of carbonyl (C=O) groups excluding carboxylic acids is 2. The van der Waals surface area contributed by atoms with Gasteiger partial charge in [-0.3, -0.25) is 4.99 Å². The van der Waals surface area contributed by atoms with Gasteiger partial charge in [0.15, 0.2) is 0 Å². The van der Waals surface area contributed by atoms with Gasteiger partial charge in [-0.15, -0.1) is 0 Å². The lowest BCUT2D eigenvalue weighted by Crippen LogP contribution is -2.42. The van der Waals surface area contributed by atoms with E-state index in [0.717, 1.165) is 11.3 Å². The highest BCUT2D eigenvalue weighted by Gasteiger charge is 2.62. The molecule has 0 N–H and O–H groups in total. The molecule has 1 heterocycles. The second-order valence-corrected chi connectivity index (χ2v) is 5.06. The summed E-state index contributed by atoms with van der Waals surface area (Å²) in [6, 6.07) is 7.62. The Bertz CT molecular complexity index is 588. The Morgan fingerprint density at radius 2 is 1.57 bits per heavy atom. The van der Waals surface area contributed by atoms with Crippen LogP contribution in [0.5, 0.6) is 5.75 Å². The average Bonchev–Trinajstić information content (AvgIpc) is 3.30. The van der Waals surface area contributed by atoms with E-state index in [1.165, 1.54) is 0 Å². The fourth-order valence-corrected chi connectivity index (χ4v) is 2.35. The van der Waals surface area contributed by atoms with E-state index in [9.17, 15) is 9.59 Å². The van der Waals surface area contributed by atoms with E-state index in [0.29, 0.717) is 18.6 Å². The van der Waals surface area contributed by atoms with Gasteiger partial charge in [-0.05, 0) is 44.4 Å². The second-order valence-electron chi connectivity index (χ2n) is 5.06. The summed E-state index contributed by atoms with van der Waals surface area (Å²) in [7, 11) is 1.61. The van der Waals surface area contributed by atoms with Crippen LogP contribution in [0.2, 0.25) is 0 Å². The minimum absolute atomic E-state index is 0.196. The molecule has 0 unspecified atom stereocenters. The molecular formula is C17H21NO5. The molecule has 1 aliphatic rings. The Labute approximate surface area is 135 Å². The van der Waals surface area contributed by atoms with Crippen molar-refractivity contribution >= 4 is 17.7 Å². The minimum atomic E-state index is -1.54. The van der Waals surface area contributed by atoms with Crippen LogP contribution in [0.1, 0.15) is 25.8 Å². The third kappa shape index (κ3) is 3.52. The van der Waals surface area contributed by atoms with E-state index < -0.39 is 17.5 Å². The molecule has 0 aliphatic carbocycles. The molecule has 0 saturated carbocycles. The summed E-state index contributed by atoms with van der Waals surface area (Å²) in [5, 5.41) is 0. The number of hydrogen-bond acceptors (Lipinski definition) is 6. The van der Waals surface area contributed by atoms with Crippen molar-refractivity contribution in [2.45, 2.75) is 32.2 Å². The van der Waals surface area contributed by atoms with Crippen molar-refractivity contribution in [2.24, 2.45) is 4.99 Å². The Balaban J connectivity index is 2.00. The van der Waals surface area contributed by atoms with Crippen LogP contribution < -0.4 is 4.74 Å². The van der Waals surface area contributed by atoms with E-state index in [2.05, 4.69) is 4.99 Å². The smallest absolute Gasteiger partial charge is 0.351 e. The molecule has 1 aromatic rings. The molecule has 124 valence electrons. The van der Waals surface area contributed by atoms with Gasteiger partial charge >= 0.3 is 11.9 Å². The summed E-state index contributed by atoms with van der Waals surface area (Å²) in [4.78, 5) is 28.3. The molecule has 2 rings (SSSR count). The molecule has 1 aromatic carbocycles. The van der Waals surface area contributed by atoms with Crippen molar-refractivity contribution in [1.29, 1.82) is 0 Å². The van der Waals surface area contributed by atoms with Gasteiger partial charge in [0.25, 0.3) is 5.54 Å². The zero-order valence-corrected chi connectivity index (χ0v) is 13.6. The molecular weight excluding hydrogens is 298 g/mol. The molecule has 6 nitrogen and oxygen atoms in total. The van der Waals surface area contributed by atoms with Crippen LogP contribution in [0.3, 0.4) is 0 Å². The van der Waals surface area contributed by atoms with Crippen LogP contribution in [0.25, 0.3) is 0 Å². The monoisotopic (exact) mass is 319 g/mol. The first kappa shape index (κ1) is 17.0. The molecule has 0 saturated heterocycles. The highest BCUT2D eigenvalue weighted by Crippen LogP contribution is 2.34. The Kier molecular flexibility index (Phi) is 5.36. The summed E-state index contributed by atoms with van der Waals surface area (Å²) in [5.41, 5.74) is 0.0469. The van der Waals surface area contributed by atoms with Crippen molar-refractivity contribution in [1.82, 2.24) is 0 Å². The predicted octanol–water partition coefficient (Wildman–Crippen LogP) is 1.95. The fraction of sp³-hybridized carbons (Fsp3) is 0.471. The number of benzene rings is 1. The SMILES string of the molecule is CCOC(=O)C1(C(=O)OCC)N=C1CCc1ccc(OC)cc1. The van der Waals surface area contributed by atoms with Gasteiger partial charge in [-0.1, -0.05) is 12.1 Å². The fourth-order valence-electron chi connectivity index (χ4n) is 2.35. The normalized spacial score (nSPS) is 14.7. The Morgan fingerprint density at radius 1 is 1.00 bits per heavy atom. The van der Waals surface area contributed by atoms with Crippen molar-refractivity contribution in [2.75, 3.05) is 20.3 Å². The van der Waals surface area contributed by atoms with Gasteiger partial charge in [-0.2, -0.15) is 0 Å². The number of nitrogens with zero attached hydrogens (tertiary/aromatic N) is 1. The first-order chi connectivity index (χ1) is 11.1.